The maximum Gasteiger partial charge on any atom is 0.251 e. The summed E-state index contributed by atoms with van der Waals surface area (Å²) in [6, 6.07) is 13.2. The maximum absolute atomic E-state index is 12.1. The highest BCUT2D eigenvalue weighted by Crippen LogP contribution is 2.12. The van der Waals surface area contributed by atoms with E-state index >= 15 is 0 Å². The molecule has 0 saturated heterocycles. The number of nitrogens with one attached hydrogen (secondary N) is 3. The predicted octanol–water partition coefficient (Wildman–Crippen LogP) is 1.77. The van der Waals surface area contributed by atoms with E-state index in [-0.39, 0.29) is 30.8 Å². The van der Waals surface area contributed by atoms with Crippen molar-refractivity contribution in [3.63, 3.8) is 0 Å². The third-order valence-electron chi connectivity index (χ3n) is 4.36. The van der Waals surface area contributed by atoms with Gasteiger partial charge in [-0.2, -0.15) is 0 Å². The van der Waals surface area contributed by atoms with Crippen molar-refractivity contribution < 1.29 is 23.9 Å². The Morgan fingerprint density at radius 3 is 2.00 bits per heavy atom. The Morgan fingerprint density at radius 2 is 1.42 bits per heavy atom. The Labute approximate surface area is 181 Å². The third-order valence-corrected chi connectivity index (χ3v) is 4.36. The van der Waals surface area contributed by atoms with Gasteiger partial charge in [-0.15, -0.1) is 0 Å². The van der Waals surface area contributed by atoms with Crippen LogP contribution in [-0.4, -0.2) is 51.1 Å². The number of amides is 3. The number of ether oxygens (including phenoxy) is 2. The molecule has 0 aliphatic rings. The summed E-state index contributed by atoms with van der Waals surface area (Å²) in [6.07, 6.45) is 3.01. The second-order valence-electron chi connectivity index (χ2n) is 6.61. The Bertz CT molecular complexity index is 908. The smallest absolute Gasteiger partial charge is 0.251 e. The minimum atomic E-state index is -0.717. The van der Waals surface area contributed by atoms with Crippen molar-refractivity contribution >= 4 is 23.8 Å². The lowest BCUT2D eigenvalue weighted by molar-refractivity contribution is -0.126. The molecule has 3 N–H and O–H groups in total. The van der Waals surface area contributed by atoms with E-state index in [0.29, 0.717) is 11.3 Å². The Hall–Kier alpha value is -3.81. The van der Waals surface area contributed by atoms with E-state index in [1.54, 1.807) is 63.6 Å². The highest BCUT2D eigenvalue weighted by molar-refractivity contribution is 5.95. The molecule has 0 aliphatic carbocycles. The number of methoxy groups -OCH3 is 2. The molecule has 0 bridgehead atoms. The molecule has 2 rings (SSSR count). The quantitative estimate of drug-likeness (QED) is 0.397. The molecular formula is C23H27N3O5. The number of carbonyl (C=O) groups is 3. The third kappa shape index (κ3) is 7.85. The van der Waals surface area contributed by atoms with E-state index in [0.717, 1.165) is 11.3 Å². The van der Waals surface area contributed by atoms with E-state index in [4.69, 9.17) is 9.47 Å². The molecule has 0 fully saturated rings. The molecule has 0 spiro atoms. The van der Waals surface area contributed by atoms with Crippen molar-refractivity contribution in [2.75, 3.05) is 27.3 Å². The fourth-order valence-corrected chi connectivity index (χ4v) is 2.57. The van der Waals surface area contributed by atoms with Gasteiger partial charge in [0.05, 0.1) is 14.2 Å². The van der Waals surface area contributed by atoms with Crippen LogP contribution in [0.2, 0.25) is 0 Å². The van der Waals surface area contributed by atoms with Crippen LogP contribution in [0.3, 0.4) is 0 Å². The molecule has 0 aromatic heterocycles. The van der Waals surface area contributed by atoms with Gasteiger partial charge in [-0.1, -0.05) is 12.1 Å². The average molecular weight is 425 g/mol. The Balaban J connectivity index is 1.69. The van der Waals surface area contributed by atoms with Crippen molar-refractivity contribution in [2.45, 2.75) is 13.0 Å². The molecule has 1 atom stereocenters. The summed E-state index contributed by atoms with van der Waals surface area (Å²) in [4.78, 5) is 36.2. The van der Waals surface area contributed by atoms with Crippen LogP contribution in [-0.2, 0) is 9.59 Å². The molecule has 8 nitrogen and oxygen atoms in total. The summed E-state index contributed by atoms with van der Waals surface area (Å²) in [5, 5.41) is 7.99. The Kier molecular flexibility index (Phi) is 9.10. The van der Waals surface area contributed by atoms with Crippen molar-refractivity contribution in [3.05, 3.63) is 65.7 Å². The zero-order chi connectivity index (χ0) is 22.6. The first-order valence-corrected chi connectivity index (χ1v) is 9.75. The van der Waals surface area contributed by atoms with E-state index in [2.05, 4.69) is 16.0 Å². The normalized spacial score (nSPS) is 11.5. The van der Waals surface area contributed by atoms with Crippen LogP contribution in [0.4, 0.5) is 0 Å². The topological polar surface area (TPSA) is 106 Å². The second-order valence-corrected chi connectivity index (χ2v) is 6.61. The van der Waals surface area contributed by atoms with Gasteiger partial charge in [0.15, 0.2) is 0 Å². The summed E-state index contributed by atoms with van der Waals surface area (Å²) in [7, 11) is 3.14. The largest absolute Gasteiger partial charge is 0.497 e. The SMILES string of the molecule is COc1ccc(/C=C/C(=O)NC(C)C(=O)NCCNC(=O)c2ccc(OC)cc2)cc1. The maximum atomic E-state index is 12.1. The summed E-state index contributed by atoms with van der Waals surface area (Å²) in [5.41, 5.74) is 1.33. The molecule has 3 amide bonds. The molecule has 2 aromatic rings. The molecule has 2 aromatic carbocycles. The van der Waals surface area contributed by atoms with Gasteiger partial charge in [-0.25, -0.2) is 0 Å². The fraction of sp³-hybridized carbons (Fsp3) is 0.261. The predicted molar refractivity (Wildman–Crippen MR) is 118 cm³/mol. The van der Waals surface area contributed by atoms with Gasteiger partial charge >= 0.3 is 0 Å². The molecule has 31 heavy (non-hydrogen) atoms. The zero-order valence-corrected chi connectivity index (χ0v) is 17.8. The minimum Gasteiger partial charge on any atom is -0.497 e. The molecule has 1 unspecified atom stereocenters. The van der Waals surface area contributed by atoms with Crippen molar-refractivity contribution in [1.82, 2.24) is 16.0 Å². The van der Waals surface area contributed by atoms with Gasteiger partial charge in [0.2, 0.25) is 11.8 Å². The van der Waals surface area contributed by atoms with Crippen LogP contribution in [0.1, 0.15) is 22.8 Å². The van der Waals surface area contributed by atoms with Gasteiger partial charge in [-0.3, -0.25) is 14.4 Å². The first-order valence-electron chi connectivity index (χ1n) is 9.75. The Morgan fingerprint density at radius 1 is 0.871 bits per heavy atom. The van der Waals surface area contributed by atoms with E-state index in [9.17, 15) is 14.4 Å². The monoisotopic (exact) mass is 425 g/mol. The second kappa shape index (κ2) is 12.0. The molecule has 0 saturated carbocycles. The zero-order valence-electron chi connectivity index (χ0n) is 17.8. The van der Waals surface area contributed by atoms with Gasteiger partial charge in [0.25, 0.3) is 5.91 Å². The lowest BCUT2D eigenvalue weighted by atomic mass is 10.2. The summed E-state index contributed by atoms with van der Waals surface area (Å²) >= 11 is 0. The fourth-order valence-electron chi connectivity index (χ4n) is 2.57. The highest BCUT2D eigenvalue weighted by atomic mass is 16.5. The average Bonchev–Trinajstić information content (AvgIpc) is 2.80. The molecule has 0 heterocycles. The van der Waals surface area contributed by atoms with Gasteiger partial charge < -0.3 is 25.4 Å². The summed E-state index contributed by atoms with van der Waals surface area (Å²) < 4.78 is 10.1. The molecule has 8 heteroatoms. The van der Waals surface area contributed by atoms with Crippen LogP contribution in [0.25, 0.3) is 6.08 Å². The van der Waals surface area contributed by atoms with Crippen LogP contribution >= 0.6 is 0 Å². The molecular weight excluding hydrogens is 398 g/mol. The molecule has 0 radical (unpaired) electrons. The lowest BCUT2D eigenvalue weighted by Gasteiger charge is -2.13. The standard InChI is InChI=1S/C23H27N3O5/c1-16(26-21(27)13-6-17-4-9-19(30-2)10-5-17)22(28)24-14-15-25-23(29)18-7-11-20(31-3)12-8-18/h4-13,16H,14-15H2,1-3H3,(H,24,28)(H,25,29)(H,26,27)/b13-6+. The van der Waals surface area contributed by atoms with Crippen LogP contribution in [0.5, 0.6) is 11.5 Å². The number of carbonyl (C=O) groups excluding carboxylic acids is 3. The molecule has 164 valence electrons. The summed E-state index contributed by atoms with van der Waals surface area (Å²) in [6.45, 7) is 2.08. The van der Waals surface area contributed by atoms with E-state index in [1.165, 1.54) is 6.08 Å². The van der Waals surface area contributed by atoms with Crippen LogP contribution in [0, 0.1) is 0 Å². The van der Waals surface area contributed by atoms with Crippen LogP contribution < -0.4 is 25.4 Å². The van der Waals surface area contributed by atoms with Gasteiger partial charge in [-0.05, 0) is 55.0 Å². The number of rotatable bonds is 10. The number of hydrogen-bond acceptors (Lipinski definition) is 5. The molecule has 0 aliphatic heterocycles. The van der Waals surface area contributed by atoms with Crippen molar-refractivity contribution in [1.29, 1.82) is 0 Å². The highest BCUT2D eigenvalue weighted by Gasteiger charge is 2.14. The first-order chi connectivity index (χ1) is 14.9. The van der Waals surface area contributed by atoms with Crippen molar-refractivity contribution in [2.24, 2.45) is 0 Å². The lowest BCUT2D eigenvalue weighted by Crippen LogP contribution is -2.46. The van der Waals surface area contributed by atoms with Crippen LogP contribution in [0.15, 0.2) is 54.6 Å². The van der Waals surface area contributed by atoms with E-state index in [1.807, 2.05) is 12.1 Å². The van der Waals surface area contributed by atoms with Crippen molar-refractivity contribution in [3.8, 4) is 11.5 Å². The van der Waals surface area contributed by atoms with E-state index < -0.39 is 6.04 Å². The number of benzene rings is 2. The van der Waals surface area contributed by atoms with Gasteiger partial charge in [0, 0.05) is 24.7 Å². The number of hydrogen-bond donors (Lipinski definition) is 3. The van der Waals surface area contributed by atoms with Gasteiger partial charge in [0.1, 0.15) is 17.5 Å². The summed E-state index contributed by atoms with van der Waals surface area (Å²) in [5.74, 6) is 0.420. The first kappa shape index (κ1) is 23.5. The minimum absolute atomic E-state index is 0.239.